The van der Waals surface area contributed by atoms with Crippen molar-refractivity contribution in [3.05, 3.63) is 115 Å². The second-order valence-corrected chi connectivity index (χ2v) is 15.7. The molecule has 248 valence electrons. The molecule has 1 heterocycles. The first-order chi connectivity index (χ1) is 22.1. The van der Waals surface area contributed by atoms with Gasteiger partial charge in [-0.3, -0.25) is 4.55 Å². The van der Waals surface area contributed by atoms with Gasteiger partial charge in [0.15, 0.2) is 26.6 Å². The summed E-state index contributed by atoms with van der Waals surface area (Å²) in [6.07, 6.45) is -0.373. The van der Waals surface area contributed by atoms with Crippen molar-refractivity contribution in [2.75, 3.05) is 13.2 Å². The zero-order chi connectivity index (χ0) is 34.0. The lowest BCUT2D eigenvalue weighted by Gasteiger charge is -2.41. The molecule has 4 aromatic rings. The molecule has 5 rings (SSSR count). The summed E-state index contributed by atoms with van der Waals surface area (Å²) in [6.45, 7) is 11.9. The van der Waals surface area contributed by atoms with Crippen molar-refractivity contribution in [3.63, 3.8) is 0 Å². The molecule has 2 atom stereocenters. The topological polar surface area (TPSA) is 91.3 Å². The van der Waals surface area contributed by atoms with Gasteiger partial charge in [0.25, 0.3) is 0 Å². The zero-order valence-electron chi connectivity index (χ0n) is 26.5. The number of halogens is 2. The van der Waals surface area contributed by atoms with Crippen molar-refractivity contribution < 1.29 is 40.7 Å². The quantitative estimate of drug-likeness (QED) is 0.125. The molecule has 0 amide bonds. The maximum Gasteiger partial charge on any atom is 0.405 e. The van der Waals surface area contributed by atoms with Crippen molar-refractivity contribution in [2.24, 2.45) is 5.41 Å². The van der Waals surface area contributed by atoms with Crippen LogP contribution in [0.1, 0.15) is 38.8 Å². The average molecular weight is 684 g/mol. The van der Waals surface area contributed by atoms with Crippen molar-refractivity contribution in [1.82, 2.24) is 0 Å². The number of rotatable bonds is 11. The van der Waals surface area contributed by atoms with Crippen molar-refractivity contribution in [3.8, 4) is 17.2 Å². The fourth-order valence-electron chi connectivity index (χ4n) is 4.84. The highest BCUT2D eigenvalue weighted by molar-refractivity contribution is 7.97. The average Bonchev–Trinajstić information content (AvgIpc) is 3.04. The van der Waals surface area contributed by atoms with E-state index < -0.39 is 38.2 Å². The fourth-order valence-corrected chi connectivity index (χ4v) is 7.35. The summed E-state index contributed by atoms with van der Waals surface area (Å²) in [4.78, 5) is 2.79. The molecule has 0 saturated carbocycles. The first kappa shape index (κ1) is 34.6. The van der Waals surface area contributed by atoms with Crippen LogP contribution in [-0.2, 0) is 36.3 Å². The van der Waals surface area contributed by atoms with Gasteiger partial charge < -0.3 is 18.9 Å². The van der Waals surface area contributed by atoms with E-state index in [1.165, 1.54) is 12.1 Å². The van der Waals surface area contributed by atoms with E-state index in [0.29, 0.717) is 24.7 Å². The summed E-state index contributed by atoms with van der Waals surface area (Å²) in [5.41, 5.74) is 1.74. The molecule has 1 aliphatic rings. The van der Waals surface area contributed by atoms with E-state index in [4.69, 9.17) is 23.5 Å². The van der Waals surface area contributed by atoms with Crippen LogP contribution in [0.25, 0.3) is 6.08 Å². The molecule has 1 N–H and O–H groups in total. The van der Waals surface area contributed by atoms with E-state index in [1.807, 2.05) is 79.7 Å². The zero-order valence-corrected chi connectivity index (χ0v) is 28.1. The molecular weight excluding hydrogens is 647 g/mol. The smallest absolute Gasteiger partial charge is 0.405 e. The molecule has 0 bridgehead atoms. The van der Waals surface area contributed by atoms with Crippen LogP contribution in [0.15, 0.2) is 118 Å². The first-order valence-electron chi connectivity index (χ1n) is 14.8. The van der Waals surface area contributed by atoms with Crippen LogP contribution in [0.3, 0.4) is 0 Å². The van der Waals surface area contributed by atoms with E-state index in [9.17, 15) is 17.2 Å². The Morgan fingerprint density at radius 1 is 0.851 bits per heavy atom. The highest BCUT2D eigenvalue weighted by Gasteiger charge is 2.51. The highest BCUT2D eigenvalue weighted by atomic mass is 32.2. The Bertz CT molecular complexity index is 1800. The molecule has 1 saturated heterocycles. The summed E-state index contributed by atoms with van der Waals surface area (Å²) in [7, 11) is -6.31. The van der Waals surface area contributed by atoms with Crippen molar-refractivity contribution >= 4 is 27.1 Å². The maximum absolute atomic E-state index is 14.1. The van der Waals surface area contributed by atoms with Crippen LogP contribution in [0.2, 0.25) is 0 Å². The van der Waals surface area contributed by atoms with Gasteiger partial charge in [-0.15, -0.1) is 0 Å². The van der Waals surface area contributed by atoms with Crippen LogP contribution in [-0.4, -0.2) is 37.5 Å². The molecule has 2 unspecified atom stereocenters. The van der Waals surface area contributed by atoms with Crippen molar-refractivity contribution in [1.29, 1.82) is 0 Å². The molecule has 47 heavy (non-hydrogen) atoms. The van der Waals surface area contributed by atoms with E-state index in [1.54, 1.807) is 18.2 Å². The predicted octanol–water partition coefficient (Wildman–Crippen LogP) is 8.71. The standard InChI is InChI=1S/C36H36F2O7S2/c1-6-26-8-7-9-30(22-26)45-29-14-20-33(21-15-29)46(31-16-10-27(11-17-31)35(5)42-23-34(3,4)24-43-35)32-18-12-28(13-19-32)44-25(2)36(37,38)47(39,40)41/h6-22,25H,1,23-24H2,2-5H3/p+1. The van der Waals surface area contributed by atoms with Crippen LogP contribution >= 0.6 is 0 Å². The van der Waals surface area contributed by atoms with Crippen LogP contribution in [0.5, 0.6) is 17.2 Å². The van der Waals surface area contributed by atoms with Gasteiger partial charge >= 0.3 is 15.4 Å². The second kappa shape index (κ2) is 13.4. The minimum Gasteiger partial charge on any atom is -0.483 e. The van der Waals surface area contributed by atoms with Crippen molar-refractivity contribution in [2.45, 2.75) is 59.5 Å². The van der Waals surface area contributed by atoms with Gasteiger partial charge in [-0.2, -0.15) is 17.2 Å². The van der Waals surface area contributed by atoms with Gasteiger partial charge in [0, 0.05) is 11.0 Å². The molecule has 7 nitrogen and oxygen atoms in total. The summed E-state index contributed by atoms with van der Waals surface area (Å²) < 4.78 is 83.1. The summed E-state index contributed by atoms with van der Waals surface area (Å²) in [6, 6.07) is 29.8. The summed E-state index contributed by atoms with van der Waals surface area (Å²) >= 11 is 0. The van der Waals surface area contributed by atoms with Gasteiger partial charge in [0.05, 0.1) is 24.1 Å². The Hall–Kier alpha value is -3.74. The maximum atomic E-state index is 14.1. The van der Waals surface area contributed by atoms with Gasteiger partial charge in [-0.25, -0.2) is 0 Å². The monoisotopic (exact) mass is 683 g/mol. The Labute approximate surface area is 277 Å². The van der Waals surface area contributed by atoms with Gasteiger partial charge in [0.1, 0.15) is 17.2 Å². The van der Waals surface area contributed by atoms with Crippen LogP contribution < -0.4 is 9.47 Å². The minimum atomic E-state index is -5.65. The lowest BCUT2D eigenvalue weighted by Crippen LogP contribution is -2.43. The number of hydrogen-bond donors (Lipinski definition) is 1. The number of ether oxygens (including phenoxy) is 4. The minimum absolute atomic E-state index is 0.0245. The largest absolute Gasteiger partial charge is 0.483 e. The van der Waals surface area contributed by atoms with E-state index in [2.05, 4.69) is 20.4 Å². The fraction of sp³-hybridized carbons (Fsp3) is 0.278. The van der Waals surface area contributed by atoms with Gasteiger partial charge in [-0.05, 0) is 104 Å². The summed E-state index contributed by atoms with van der Waals surface area (Å²) in [5, 5.41) is -4.48. The Balaban J connectivity index is 1.44. The lowest BCUT2D eigenvalue weighted by molar-refractivity contribution is -0.298. The molecule has 1 fully saturated rings. The molecule has 4 aromatic carbocycles. The molecule has 0 radical (unpaired) electrons. The number of hydrogen-bond acceptors (Lipinski definition) is 6. The third kappa shape index (κ3) is 7.88. The molecule has 0 spiro atoms. The molecule has 1 aliphatic heterocycles. The molecule has 0 aromatic heterocycles. The van der Waals surface area contributed by atoms with Gasteiger partial charge in [0.2, 0.25) is 0 Å². The lowest BCUT2D eigenvalue weighted by atomic mass is 9.94. The second-order valence-electron chi connectivity index (χ2n) is 12.1. The Kier molecular flexibility index (Phi) is 9.87. The molecule has 0 aliphatic carbocycles. The van der Waals surface area contributed by atoms with Crippen LogP contribution in [0.4, 0.5) is 8.78 Å². The SMILES string of the molecule is C=Cc1cccc(Oc2ccc([S+](c3ccc(OC(C)C(F)(F)S(=O)(=O)O)cc3)c3ccc(C4(C)OCC(C)(C)CO4)cc3)cc2)c1. The number of alkyl halides is 2. The van der Waals surface area contributed by atoms with E-state index in [-0.39, 0.29) is 11.2 Å². The van der Waals surface area contributed by atoms with Gasteiger partial charge in [-0.1, -0.05) is 38.6 Å². The molecule has 11 heteroatoms. The third-order valence-electron chi connectivity index (χ3n) is 7.67. The summed E-state index contributed by atoms with van der Waals surface area (Å²) in [5.74, 6) is 0.470. The highest BCUT2D eigenvalue weighted by Crippen LogP contribution is 2.39. The Morgan fingerprint density at radius 2 is 1.36 bits per heavy atom. The van der Waals surface area contributed by atoms with Crippen LogP contribution in [0, 0.1) is 5.41 Å². The van der Waals surface area contributed by atoms with E-state index in [0.717, 1.165) is 32.7 Å². The first-order valence-corrected chi connectivity index (χ1v) is 17.5. The predicted molar refractivity (Wildman–Crippen MR) is 178 cm³/mol. The normalized spacial score (nSPS) is 17.3. The Morgan fingerprint density at radius 3 is 1.87 bits per heavy atom. The van der Waals surface area contributed by atoms with E-state index >= 15 is 0 Å². The third-order valence-corrected chi connectivity index (χ3v) is 10.9. The number of benzene rings is 4. The molecular formula is C36H37F2O7S2+.